The topological polar surface area (TPSA) is 61.6 Å². The van der Waals surface area contributed by atoms with Crippen molar-refractivity contribution in [1.29, 1.82) is 0 Å². The summed E-state index contributed by atoms with van der Waals surface area (Å²) >= 11 is 6.11. The van der Waals surface area contributed by atoms with Crippen molar-refractivity contribution in [2.24, 2.45) is 0 Å². The van der Waals surface area contributed by atoms with E-state index in [9.17, 15) is 10.1 Å². The van der Waals surface area contributed by atoms with Crippen LogP contribution in [0.5, 0.6) is 23.0 Å². The van der Waals surface area contributed by atoms with Gasteiger partial charge < -0.3 is 9.47 Å². The number of nitro groups is 1. The summed E-state index contributed by atoms with van der Waals surface area (Å²) in [6.07, 6.45) is 0. The zero-order valence-electron chi connectivity index (χ0n) is 12.4. The first-order chi connectivity index (χ1) is 11.6. The van der Waals surface area contributed by atoms with Crippen molar-refractivity contribution in [3.05, 3.63) is 87.9 Å². The van der Waals surface area contributed by atoms with Crippen molar-refractivity contribution < 1.29 is 14.4 Å². The average Bonchev–Trinajstić information content (AvgIpc) is 2.59. The molecule has 0 radical (unpaired) electrons. The predicted molar refractivity (Wildman–Crippen MR) is 91.1 cm³/mol. The molecular weight excluding hydrogens is 330 g/mol. The van der Waals surface area contributed by atoms with Crippen LogP contribution in [0.3, 0.4) is 0 Å². The summed E-state index contributed by atoms with van der Waals surface area (Å²) in [5.74, 6) is 1.38. The van der Waals surface area contributed by atoms with Crippen LogP contribution in [0.2, 0.25) is 5.02 Å². The average molecular weight is 342 g/mol. The molecule has 3 aromatic rings. The Morgan fingerprint density at radius 2 is 1.29 bits per heavy atom. The van der Waals surface area contributed by atoms with Crippen molar-refractivity contribution in [3.8, 4) is 23.0 Å². The minimum Gasteiger partial charge on any atom is -0.456 e. The quantitative estimate of drug-likeness (QED) is 0.432. The largest absolute Gasteiger partial charge is 0.456 e. The summed E-state index contributed by atoms with van der Waals surface area (Å²) in [6.45, 7) is 0. The molecule has 0 N–H and O–H groups in total. The molecule has 6 heteroatoms. The fraction of sp³-hybridized carbons (Fsp3) is 0. The van der Waals surface area contributed by atoms with Crippen LogP contribution in [0.4, 0.5) is 5.69 Å². The first-order valence-corrected chi connectivity index (χ1v) is 7.45. The van der Waals surface area contributed by atoms with Gasteiger partial charge in [-0.1, -0.05) is 48.0 Å². The molecule has 24 heavy (non-hydrogen) atoms. The second kappa shape index (κ2) is 7.02. The number of halogens is 1. The van der Waals surface area contributed by atoms with Crippen LogP contribution >= 0.6 is 11.6 Å². The Balaban J connectivity index is 1.99. The Hall–Kier alpha value is -3.05. The summed E-state index contributed by atoms with van der Waals surface area (Å²) in [5.41, 5.74) is -0.232. The number of nitrogens with zero attached hydrogens (tertiary/aromatic N) is 1. The number of nitro benzene ring substituents is 1. The Kier molecular flexibility index (Phi) is 4.63. The van der Waals surface area contributed by atoms with E-state index in [1.807, 2.05) is 24.3 Å². The Morgan fingerprint density at radius 1 is 0.792 bits per heavy atom. The third kappa shape index (κ3) is 3.64. The van der Waals surface area contributed by atoms with Crippen LogP contribution in [0, 0.1) is 10.1 Å². The maximum atomic E-state index is 11.3. The lowest BCUT2D eigenvalue weighted by atomic mass is 10.2. The Bertz CT molecular complexity index is 854. The van der Waals surface area contributed by atoms with Gasteiger partial charge in [-0.15, -0.1) is 0 Å². The Labute approximate surface area is 143 Å². The Morgan fingerprint density at radius 3 is 1.79 bits per heavy atom. The van der Waals surface area contributed by atoms with Crippen molar-refractivity contribution >= 4 is 17.3 Å². The van der Waals surface area contributed by atoms with Crippen molar-refractivity contribution in [1.82, 2.24) is 0 Å². The number of hydrogen-bond acceptors (Lipinski definition) is 4. The fourth-order valence-corrected chi connectivity index (χ4v) is 2.25. The lowest BCUT2D eigenvalue weighted by Crippen LogP contribution is -1.95. The SMILES string of the molecule is O=[N+]([O-])c1cc(Cl)c(Oc2ccccc2)cc1Oc1ccccc1. The van der Waals surface area contributed by atoms with Gasteiger partial charge in [-0.2, -0.15) is 0 Å². The molecule has 0 aliphatic heterocycles. The lowest BCUT2D eigenvalue weighted by Gasteiger charge is -2.11. The molecule has 0 saturated heterocycles. The zero-order chi connectivity index (χ0) is 16.9. The van der Waals surface area contributed by atoms with Crippen LogP contribution < -0.4 is 9.47 Å². The third-order valence-electron chi connectivity index (χ3n) is 3.15. The van der Waals surface area contributed by atoms with E-state index in [0.29, 0.717) is 11.5 Å². The smallest absolute Gasteiger partial charge is 0.313 e. The van der Waals surface area contributed by atoms with Gasteiger partial charge in [-0.25, -0.2) is 0 Å². The molecule has 0 heterocycles. The molecule has 120 valence electrons. The van der Waals surface area contributed by atoms with Gasteiger partial charge in [0.25, 0.3) is 0 Å². The second-order valence-corrected chi connectivity index (χ2v) is 5.24. The highest BCUT2D eigenvalue weighted by Gasteiger charge is 2.21. The van der Waals surface area contributed by atoms with E-state index in [4.69, 9.17) is 21.1 Å². The van der Waals surface area contributed by atoms with E-state index in [1.54, 1.807) is 36.4 Å². The highest BCUT2D eigenvalue weighted by molar-refractivity contribution is 6.32. The normalized spacial score (nSPS) is 10.2. The minimum absolute atomic E-state index is 0.0570. The molecule has 5 nitrogen and oxygen atoms in total. The van der Waals surface area contributed by atoms with Gasteiger partial charge >= 0.3 is 5.69 Å². The molecule has 0 saturated carbocycles. The number of benzene rings is 3. The number of ether oxygens (including phenoxy) is 2. The second-order valence-electron chi connectivity index (χ2n) is 4.84. The minimum atomic E-state index is -0.545. The van der Waals surface area contributed by atoms with Gasteiger partial charge in [0.05, 0.1) is 9.95 Å². The van der Waals surface area contributed by atoms with Gasteiger partial charge in [-0.3, -0.25) is 10.1 Å². The van der Waals surface area contributed by atoms with Crippen LogP contribution in [0.1, 0.15) is 0 Å². The van der Waals surface area contributed by atoms with Crippen molar-refractivity contribution in [2.45, 2.75) is 0 Å². The van der Waals surface area contributed by atoms with Gasteiger partial charge in [-0.05, 0) is 24.3 Å². The van der Waals surface area contributed by atoms with Gasteiger partial charge in [0.1, 0.15) is 17.2 Å². The first kappa shape index (κ1) is 15.8. The molecule has 3 rings (SSSR count). The molecule has 0 bridgehead atoms. The molecule has 0 aliphatic carbocycles. The predicted octanol–water partition coefficient (Wildman–Crippen LogP) is 5.83. The van der Waals surface area contributed by atoms with E-state index >= 15 is 0 Å². The maximum Gasteiger partial charge on any atom is 0.313 e. The molecule has 0 spiro atoms. The monoisotopic (exact) mass is 341 g/mol. The summed E-state index contributed by atoms with van der Waals surface area (Å²) in [5, 5.41) is 11.4. The highest BCUT2D eigenvalue weighted by Crippen LogP contribution is 2.41. The van der Waals surface area contributed by atoms with Gasteiger partial charge in [0.15, 0.2) is 0 Å². The van der Waals surface area contributed by atoms with E-state index in [0.717, 1.165) is 0 Å². The van der Waals surface area contributed by atoms with Crippen molar-refractivity contribution in [3.63, 3.8) is 0 Å². The molecule has 0 fully saturated rings. The summed E-state index contributed by atoms with van der Waals surface area (Å²) < 4.78 is 11.3. The van der Waals surface area contributed by atoms with Crippen molar-refractivity contribution in [2.75, 3.05) is 0 Å². The molecule has 0 unspecified atom stereocenters. The summed E-state index contributed by atoms with van der Waals surface area (Å²) in [4.78, 5) is 10.7. The van der Waals surface area contributed by atoms with Crippen LogP contribution in [-0.2, 0) is 0 Å². The van der Waals surface area contributed by atoms with Crippen LogP contribution in [0.25, 0.3) is 0 Å². The first-order valence-electron chi connectivity index (χ1n) is 7.07. The van der Waals surface area contributed by atoms with E-state index in [1.165, 1.54) is 12.1 Å². The third-order valence-corrected chi connectivity index (χ3v) is 3.45. The van der Waals surface area contributed by atoms with E-state index in [2.05, 4.69) is 0 Å². The van der Waals surface area contributed by atoms with E-state index < -0.39 is 4.92 Å². The standard InChI is InChI=1S/C18H12ClNO4/c19-15-11-16(20(21)22)18(24-14-9-5-2-6-10-14)12-17(15)23-13-7-3-1-4-8-13/h1-12H. The number of rotatable bonds is 5. The summed E-state index contributed by atoms with van der Waals surface area (Å²) in [7, 11) is 0. The van der Waals surface area contributed by atoms with Crippen LogP contribution in [0.15, 0.2) is 72.8 Å². The number of hydrogen-bond donors (Lipinski definition) is 0. The number of para-hydroxylation sites is 2. The molecule has 3 aromatic carbocycles. The van der Waals surface area contributed by atoms with Gasteiger partial charge in [0, 0.05) is 12.1 Å². The maximum absolute atomic E-state index is 11.3. The fourth-order valence-electron chi connectivity index (χ4n) is 2.06. The lowest BCUT2D eigenvalue weighted by molar-refractivity contribution is -0.385. The zero-order valence-corrected chi connectivity index (χ0v) is 13.1. The molecule has 0 amide bonds. The molecule has 0 aliphatic rings. The van der Waals surface area contributed by atoms with Crippen LogP contribution in [-0.4, -0.2) is 4.92 Å². The highest BCUT2D eigenvalue weighted by atomic mass is 35.5. The summed E-state index contributed by atoms with van der Waals surface area (Å²) in [6, 6.07) is 20.4. The molecule has 0 atom stereocenters. The molecule has 0 aromatic heterocycles. The molecular formula is C18H12ClNO4. The van der Waals surface area contributed by atoms with Gasteiger partial charge in [0.2, 0.25) is 5.75 Å². The van der Waals surface area contributed by atoms with E-state index in [-0.39, 0.29) is 22.2 Å².